The predicted molar refractivity (Wildman–Crippen MR) is 103 cm³/mol. The molecule has 1 amide bonds. The average molecular weight is 327 g/mol. The number of hydrogen-bond donors (Lipinski definition) is 0. The first-order chi connectivity index (χ1) is 12.3. The Hall–Kier alpha value is -2.87. The van der Waals surface area contributed by atoms with Gasteiger partial charge in [0.1, 0.15) is 0 Å². The summed E-state index contributed by atoms with van der Waals surface area (Å²) in [7, 11) is 0. The van der Waals surface area contributed by atoms with Crippen LogP contribution in [-0.2, 0) is 11.3 Å². The number of hydrogen-bond acceptors (Lipinski definition) is 1. The number of rotatable bonds is 5. The molecule has 4 rings (SSSR count). The van der Waals surface area contributed by atoms with Gasteiger partial charge in [-0.3, -0.25) is 4.79 Å². The van der Waals surface area contributed by atoms with Crippen LogP contribution in [0.1, 0.15) is 24.0 Å². The highest BCUT2D eigenvalue weighted by Crippen LogP contribution is 2.29. The van der Waals surface area contributed by atoms with E-state index in [1.807, 2.05) is 47.4 Å². The van der Waals surface area contributed by atoms with Gasteiger partial charge >= 0.3 is 0 Å². The van der Waals surface area contributed by atoms with Gasteiger partial charge in [0.15, 0.2) is 0 Å². The average Bonchev–Trinajstić information content (AvgIpc) is 3.50. The first kappa shape index (κ1) is 15.6. The minimum Gasteiger partial charge on any atom is -0.332 e. The molecule has 1 fully saturated rings. The summed E-state index contributed by atoms with van der Waals surface area (Å²) in [6.07, 6.45) is 5.90. The molecule has 1 saturated carbocycles. The van der Waals surface area contributed by atoms with Gasteiger partial charge in [-0.05, 0) is 40.8 Å². The fraction of sp³-hybridized carbons (Fsp3) is 0.174. The summed E-state index contributed by atoms with van der Waals surface area (Å²) in [4.78, 5) is 14.8. The molecule has 0 spiro atoms. The standard InChI is InChI=1S/C23H21NO/c25-23(24(21-14-15-21)17-18-7-2-1-3-8-18)16-13-20-11-6-10-19-9-4-5-12-22(19)20/h1-13,16,21H,14-15,17H2. The summed E-state index contributed by atoms with van der Waals surface area (Å²) in [6.45, 7) is 0.685. The van der Waals surface area contributed by atoms with Gasteiger partial charge in [-0.15, -0.1) is 0 Å². The lowest BCUT2D eigenvalue weighted by Gasteiger charge is -2.21. The van der Waals surface area contributed by atoms with Gasteiger partial charge in [0, 0.05) is 18.7 Å². The van der Waals surface area contributed by atoms with Gasteiger partial charge in [0.2, 0.25) is 5.91 Å². The maximum absolute atomic E-state index is 12.8. The van der Waals surface area contributed by atoms with Crippen LogP contribution in [0.2, 0.25) is 0 Å². The minimum absolute atomic E-state index is 0.0966. The van der Waals surface area contributed by atoms with Crippen molar-refractivity contribution in [2.45, 2.75) is 25.4 Å². The highest BCUT2D eigenvalue weighted by Gasteiger charge is 2.31. The van der Waals surface area contributed by atoms with Crippen molar-refractivity contribution < 1.29 is 4.79 Å². The van der Waals surface area contributed by atoms with Crippen LogP contribution in [0.15, 0.2) is 78.9 Å². The molecule has 0 atom stereocenters. The van der Waals surface area contributed by atoms with Crippen LogP contribution in [0.25, 0.3) is 16.8 Å². The van der Waals surface area contributed by atoms with E-state index in [0.717, 1.165) is 18.4 Å². The Morgan fingerprint density at radius 1 is 0.920 bits per heavy atom. The van der Waals surface area contributed by atoms with E-state index in [9.17, 15) is 4.79 Å². The largest absolute Gasteiger partial charge is 0.332 e. The van der Waals surface area contributed by atoms with E-state index in [-0.39, 0.29) is 5.91 Å². The van der Waals surface area contributed by atoms with E-state index in [1.54, 1.807) is 6.08 Å². The Morgan fingerprint density at radius 2 is 1.64 bits per heavy atom. The Balaban J connectivity index is 1.55. The van der Waals surface area contributed by atoms with Crippen LogP contribution < -0.4 is 0 Å². The van der Waals surface area contributed by atoms with Gasteiger partial charge in [0.25, 0.3) is 0 Å². The van der Waals surface area contributed by atoms with Gasteiger partial charge in [-0.25, -0.2) is 0 Å². The number of carbonyl (C=O) groups excluding carboxylic acids is 1. The predicted octanol–water partition coefficient (Wildman–Crippen LogP) is 5.04. The molecular formula is C23H21NO. The molecule has 0 heterocycles. The molecule has 0 unspecified atom stereocenters. The van der Waals surface area contributed by atoms with Crippen molar-refractivity contribution in [2.75, 3.05) is 0 Å². The summed E-state index contributed by atoms with van der Waals surface area (Å²) < 4.78 is 0. The quantitative estimate of drug-likeness (QED) is 0.601. The van der Waals surface area contributed by atoms with Crippen LogP contribution in [0.5, 0.6) is 0 Å². The molecule has 1 aliphatic rings. The summed E-state index contributed by atoms with van der Waals surface area (Å²) in [5.41, 5.74) is 2.27. The normalized spacial score (nSPS) is 14.1. The third-order valence-corrected chi connectivity index (χ3v) is 4.70. The first-order valence-corrected chi connectivity index (χ1v) is 8.81. The van der Waals surface area contributed by atoms with Crippen LogP contribution in [-0.4, -0.2) is 16.8 Å². The second-order valence-corrected chi connectivity index (χ2v) is 6.58. The maximum atomic E-state index is 12.8. The van der Waals surface area contributed by atoms with Crippen molar-refractivity contribution in [2.24, 2.45) is 0 Å². The third kappa shape index (κ3) is 3.63. The van der Waals surface area contributed by atoms with E-state index >= 15 is 0 Å². The van der Waals surface area contributed by atoms with Crippen molar-refractivity contribution in [1.29, 1.82) is 0 Å². The molecule has 0 radical (unpaired) electrons. The van der Waals surface area contributed by atoms with E-state index < -0.39 is 0 Å². The second-order valence-electron chi connectivity index (χ2n) is 6.58. The van der Waals surface area contributed by atoms with Crippen molar-refractivity contribution in [3.63, 3.8) is 0 Å². The van der Waals surface area contributed by atoms with Crippen molar-refractivity contribution in [1.82, 2.24) is 4.90 Å². The topological polar surface area (TPSA) is 20.3 Å². The Bertz CT molecular complexity index is 904. The van der Waals surface area contributed by atoms with Crippen molar-refractivity contribution >= 4 is 22.8 Å². The molecule has 0 aliphatic heterocycles. The van der Waals surface area contributed by atoms with E-state index in [2.05, 4.69) is 36.4 Å². The number of carbonyl (C=O) groups is 1. The molecule has 3 aromatic rings. The first-order valence-electron chi connectivity index (χ1n) is 8.81. The van der Waals surface area contributed by atoms with Gasteiger partial charge < -0.3 is 4.90 Å². The molecule has 0 bridgehead atoms. The van der Waals surface area contributed by atoms with Crippen LogP contribution in [0.3, 0.4) is 0 Å². The minimum atomic E-state index is 0.0966. The molecule has 25 heavy (non-hydrogen) atoms. The summed E-state index contributed by atoms with van der Waals surface area (Å²) in [5.74, 6) is 0.0966. The smallest absolute Gasteiger partial charge is 0.247 e. The fourth-order valence-corrected chi connectivity index (χ4v) is 3.21. The molecule has 0 N–H and O–H groups in total. The molecule has 2 nitrogen and oxygen atoms in total. The fourth-order valence-electron chi connectivity index (χ4n) is 3.21. The molecule has 0 saturated heterocycles. The zero-order valence-electron chi connectivity index (χ0n) is 14.1. The zero-order chi connectivity index (χ0) is 17.1. The molecule has 3 aromatic carbocycles. The number of nitrogens with zero attached hydrogens (tertiary/aromatic N) is 1. The Kier molecular flexibility index (Phi) is 4.34. The zero-order valence-corrected chi connectivity index (χ0v) is 14.1. The van der Waals surface area contributed by atoms with Crippen LogP contribution in [0.4, 0.5) is 0 Å². The summed E-state index contributed by atoms with van der Waals surface area (Å²) >= 11 is 0. The van der Waals surface area contributed by atoms with E-state index in [1.165, 1.54) is 16.3 Å². The van der Waals surface area contributed by atoms with Gasteiger partial charge in [0.05, 0.1) is 0 Å². The van der Waals surface area contributed by atoms with E-state index in [0.29, 0.717) is 12.6 Å². The van der Waals surface area contributed by atoms with Gasteiger partial charge in [-0.1, -0.05) is 72.8 Å². The van der Waals surface area contributed by atoms with Crippen LogP contribution >= 0.6 is 0 Å². The molecule has 124 valence electrons. The maximum Gasteiger partial charge on any atom is 0.247 e. The summed E-state index contributed by atoms with van der Waals surface area (Å²) in [5, 5.41) is 2.37. The molecule has 0 aromatic heterocycles. The summed E-state index contributed by atoms with van der Waals surface area (Å²) in [6, 6.07) is 25.1. The lowest BCUT2D eigenvalue weighted by atomic mass is 10.0. The lowest BCUT2D eigenvalue weighted by Crippen LogP contribution is -2.31. The van der Waals surface area contributed by atoms with Crippen molar-refractivity contribution in [3.05, 3.63) is 90.0 Å². The number of benzene rings is 3. The van der Waals surface area contributed by atoms with Gasteiger partial charge in [-0.2, -0.15) is 0 Å². The second kappa shape index (κ2) is 6.94. The van der Waals surface area contributed by atoms with Crippen molar-refractivity contribution in [3.8, 4) is 0 Å². The Labute approximate surface area is 148 Å². The molecular weight excluding hydrogens is 306 g/mol. The SMILES string of the molecule is O=C(C=Cc1cccc2ccccc12)N(Cc1ccccc1)C1CC1. The highest BCUT2D eigenvalue weighted by atomic mass is 16.2. The number of fused-ring (bicyclic) bond motifs is 1. The number of amides is 1. The highest BCUT2D eigenvalue weighted by molar-refractivity contribution is 5.96. The molecule has 1 aliphatic carbocycles. The Morgan fingerprint density at radius 3 is 2.44 bits per heavy atom. The third-order valence-electron chi connectivity index (χ3n) is 4.70. The monoisotopic (exact) mass is 327 g/mol. The molecule has 2 heteroatoms. The van der Waals surface area contributed by atoms with E-state index in [4.69, 9.17) is 0 Å². The van der Waals surface area contributed by atoms with Crippen LogP contribution in [0, 0.1) is 0 Å². The lowest BCUT2D eigenvalue weighted by molar-refractivity contribution is -0.127.